The molecule has 0 aliphatic rings. The molecule has 0 unspecified atom stereocenters. The summed E-state index contributed by atoms with van der Waals surface area (Å²) in [5.41, 5.74) is 3.14. The zero-order valence-electron chi connectivity index (χ0n) is 15.2. The molecule has 0 spiro atoms. The molecule has 0 radical (unpaired) electrons. The lowest BCUT2D eigenvalue weighted by Gasteiger charge is -2.20. The Bertz CT molecular complexity index is 968. The summed E-state index contributed by atoms with van der Waals surface area (Å²) in [5.74, 6) is -0.478. The Hall–Kier alpha value is -2.69. The molecule has 1 N–H and O–H groups in total. The van der Waals surface area contributed by atoms with Crippen LogP contribution in [-0.4, -0.2) is 32.2 Å². The van der Waals surface area contributed by atoms with E-state index in [-0.39, 0.29) is 11.4 Å². The van der Waals surface area contributed by atoms with Crippen LogP contribution in [0.5, 0.6) is 0 Å². The Morgan fingerprint density at radius 3 is 2.35 bits per heavy atom. The summed E-state index contributed by atoms with van der Waals surface area (Å²) in [6.07, 6.45) is 0. The minimum Gasteiger partial charge on any atom is -0.325 e. The SMILES string of the molecule is Cc1cc(C)c(S(=O)(=O)N(C)CC(=O)Nc2cccc(C#N)c2)c(C)c1. The van der Waals surface area contributed by atoms with E-state index in [9.17, 15) is 13.2 Å². The van der Waals surface area contributed by atoms with Crippen molar-refractivity contribution in [2.75, 3.05) is 18.9 Å². The van der Waals surface area contributed by atoms with E-state index in [1.165, 1.54) is 13.1 Å². The number of carbonyl (C=O) groups is 1. The number of hydrogen-bond acceptors (Lipinski definition) is 4. The summed E-state index contributed by atoms with van der Waals surface area (Å²) in [6.45, 7) is 5.07. The van der Waals surface area contributed by atoms with Gasteiger partial charge in [0.1, 0.15) is 0 Å². The quantitative estimate of drug-likeness (QED) is 0.875. The molecular formula is C19H21N3O3S. The Morgan fingerprint density at radius 2 is 1.77 bits per heavy atom. The minimum atomic E-state index is -3.80. The van der Waals surface area contributed by atoms with Gasteiger partial charge in [0, 0.05) is 12.7 Å². The van der Waals surface area contributed by atoms with Crippen LogP contribution in [0.4, 0.5) is 5.69 Å². The third-order valence-electron chi connectivity index (χ3n) is 3.91. The van der Waals surface area contributed by atoms with Gasteiger partial charge in [0.05, 0.1) is 23.1 Å². The maximum Gasteiger partial charge on any atom is 0.243 e. The van der Waals surface area contributed by atoms with Gasteiger partial charge in [0.25, 0.3) is 0 Å². The number of nitrogens with zero attached hydrogens (tertiary/aromatic N) is 2. The van der Waals surface area contributed by atoms with Crippen molar-refractivity contribution in [3.8, 4) is 6.07 Å². The van der Waals surface area contributed by atoms with Gasteiger partial charge in [-0.25, -0.2) is 8.42 Å². The number of likely N-dealkylation sites (N-methyl/N-ethyl adjacent to an activating group) is 1. The molecule has 0 saturated heterocycles. The van der Waals surface area contributed by atoms with Crippen LogP contribution in [0, 0.1) is 32.1 Å². The Kier molecular flexibility index (Phi) is 5.80. The van der Waals surface area contributed by atoms with E-state index in [0.29, 0.717) is 22.4 Å². The van der Waals surface area contributed by atoms with E-state index in [1.54, 1.807) is 44.2 Å². The fourth-order valence-electron chi connectivity index (χ4n) is 2.88. The number of nitrogens with one attached hydrogen (secondary N) is 1. The average molecular weight is 371 g/mol. The highest BCUT2D eigenvalue weighted by atomic mass is 32.2. The van der Waals surface area contributed by atoms with E-state index >= 15 is 0 Å². The summed E-state index contributed by atoms with van der Waals surface area (Å²) in [7, 11) is -2.42. The fraction of sp³-hybridized carbons (Fsp3) is 0.263. The van der Waals surface area contributed by atoms with Crippen molar-refractivity contribution in [2.24, 2.45) is 0 Å². The number of nitriles is 1. The Balaban J connectivity index is 2.19. The predicted molar refractivity (Wildman–Crippen MR) is 100 cm³/mol. The van der Waals surface area contributed by atoms with Crippen LogP contribution in [0.2, 0.25) is 0 Å². The molecule has 2 aromatic carbocycles. The van der Waals surface area contributed by atoms with Crippen molar-refractivity contribution in [2.45, 2.75) is 25.7 Å². The van der Waals surface area contributed by atoms with Crippen LogP contribution in [0.1, 0.15) is 22.3 Å². The first-order chi connectivity index (χ1) is 12.1. The second-order valence-electron chi connectivity index (χ2n) is 6.23. The maximum atomic E-state index is 12.9. The topological polar surface area (TPSA) is 90.3 Å². The third-order valence-corrected chi connectivity index (χ3v) is 6.02. The van der Waals surface area contributed by atoms with Crippen molar-refractivity contribution < 1.29 is 13.2 Å². The van der Waals surface area contributed by atoms with Crippen LogP contribution in [0.3, 0.4) is 0 Å². The number of sulfonamides is 1. The van der Waals surface area contributed by atoms with E-state index < -0.39 is 15.9 Å². The van der Waals surface area contributed by atoms with Crippen molar-refractivity contribution in [3.05, 3.63) is 58.7 Å². The summed E-state index contributed by atoms with van der Waals surface area (Å²) >= 11 is 0. The molecule has 1 amide bonds. The van der Waals surface area contributed by atoms with E-state index in [2.05, 4.69) is 5.32 Å². The van der Waals surface area contributed by atoms with Crippen molar-refractivity contribution >= 4 is 21.6 Å². The molecule has 0 bridgehead atoms. The highest BCUT2D eigenvalue weighted by molar-refractivity contribution is 7.89. The lowest BCUT2D eigenvalue weighted by Crippen LogP contribution is -2.35. The standard InChI is InChI=1S/C19H21N3O3S/c1-13-8-14(2)19(15(3)9-13)26(24,25)22(4)12-18(23)21-17-7-5-6-16(10-17)11-20/h5-10H,12H2,1-4H3,(H,21,23). The third kappa shape index (κ3) is 4.28. The van der Waals surface area contributed by atoms with Crippen LogP contribution in [0.25, 0.3) is 0 Å². The molecule has 6 nitrogen and oxygen atoms in total. The van der Waals surface area contributed by atoms with Crippen LogP contribution >= 0.6 is 0 Å². The monoisotopic (exact) mass is 371 g/mol. The minimum absolute atomic E-state index is 0.227. The molecule has 26 heavy (non-hydrogen) atoms. The summed E-state index contributed by atoms with van der Waals surface area (Å²) in [6, 6.07) is 12.0. The molecule has 0 aliphatic carbocycles. The number of rotatable bonds is 5. The molecule has 2 aromatic rings. The zero-order valence-corrected chi connectivity index (χ0v) is 16.0. The van der Waals surface area contributed by atoms with Gasteiger partial charge in [0.15, 0.2) is 0 Å². The smallest absolute Gasteiger partial charge is 0.243 e. The largest absolute Gasteiger partial charge is 0.325 e. The molecular weight excluding hydrogens is 350 g/mol. The van der Waals surface area contributed by atoms with E-state index in [0.717, 1.165) is 9.87 Å². The Labute approximate surface area is 154 Å². The first kappa shape index (κ1) is 19.6. The molecule has 0 fully saturated rings. The molecule has 7 heteroatoms. The Morgan fingerprint density at radius 1 is 1.15 bits per heavy atom. The van der Waals surface area contributed by atoms with Gasteiger partial charge >= 0.3 is 0 Å². The van der Waals surface area contributed by atoms with E-state index in [1.807, 2.05) is 13.0 Å². The summed E-state index contributed by atoms with van der Waals surface area (Å²) < 4.78 is 26.8. The molecule has 0 atom stereocenters. The molecule has 0 aliphatic heterocycles. The van der Waals surface area contributed by atoms with Crippen molar-refractivity contribution in [1.82, 2.24) is 4.31 Å². The number of anilines is 1. The first-order valence-corrected chi connectivity index (χ1v) is 9.43. The zero-order chi connectivity index (χ0) is 19.5. The second-order valence-corrected chi connectivity index (χ2v) is 8.21. The number of benzene rings is 2. The lowest BCUT2D eigenvalue weighted by molar-refractivity contribution is -0.116. The molecule has 136 valence electrons. The van der Waals surface area contributed by atoms with Crippen LogP contribution in [-0.2, 0) is 14.8 Å². The molecule has 0 heterocycles. The normalized spacial score (nSPS) is 11.2. The van der Waals surface area contributed by atoms with Crippen LogP contribution < -0.4 is 5.32 Å². The molecule has 0 aromatic heterocycles. The average Bonchev–Trinajstić information content (AvgIpc) is 2.53. The predicted octanol–water partition coefficient (Wildman–Crippen LogP) is 2.74. The highest BCUT2D eigenvalue weighted by Crippen LogP contribution is 2.24. The molecule has 2 rings (SSSR count). The first-order valence-electron chi connectivity index (χ1n) is 7.99. The maximum absolute atomic E-state index is 12.9. The fourth-order valence-corrected chi connectivity index (χ4v) is 4.41. The van der Waals surface area contributed by atoms with Gasteiger partial charge in [-0.1, -0.05) is 23.8 Å². The molecule has 0 saturated carbocycles. The number of amides is 1. The highest BCUT2D eigenvalue weighted by Gasteiger charge is 2.26. The van der Waals surface area contributed by atoms with E-state index in [4.69, 9.17) is 5.26 Å². The van der Waals surface area contributed by atoms with Gasteiger partial charge in [-0.3, -0.25) is 4.79 Å². The summed E-state index contributed by atoms with van der Waals surface area (Å²) in [4.78, 5) is 12.5. The van der Waals surface area contributed by atoms with Gasteiger partial charge in [0.2, 0.25) is 15.9 Å². The van der Waals surface area contributed by atoms with Gasteiger partial charge in [-0.15, -0.1) is 0 Å². The van der Waals surface area contributed by atoms with Crippen molar-refractivity contribution in [1.29, 1.82) is 5.26 Å². The van der Waals surface area contributed by atoms with Gasteiger partial charge in [-0.2, -0.15) is 9.57 Å². The number of carbonyl (C=O) groups excluding carboxylic acids is 1. The van der Waals surface area contributed by atoms with Crippen molar-refractivity contribution in [3.63, 3.8) is 0 Å². The van der Waals surface area contributed by atoms with Gasteiger partial charge < -0.3 is 5.32 Å². The lowest BCUT2D eigenvalue weighted by atomic mass is 10.1. The number of aryl methyl sites for hydroxylation is 3. The summed E-state index contributed by atoms with van der Waals surface area (Å²) in [5, 5.41) is 11.5. The number of hydrogen-bond donors (Lipinski definition) is 1. The van der Waals surface area contributed by atoms with Crippen LogP contribution in [0.15, 0.2) is 41.3 Å². The van der Waals surface area contributed by atoms with Gasteiger partial charge in [-0.05, 0) is 50.1 Å². The second kappa shape index (κ2) is 7.68.